The lowest BCUT2D eigenvalue weighted by Gasteiger charge is -2.37. The SMILES string of the molecule is [2H]C([2H])(c1ccc(C(C)=NCOc2ccc(C3CCCCC3)c(C(F)(F)F)c2)cc1C([2H])([2H])C([2H])([2H])[2H])N1CC(C(=O)OC)C1. The molecule has 0 atom stereocenters. The second-order valence-corrected chi connectivity index (χ2v) is 9.72. The molecule has 2 aromatic rings. The van der Waals surface area contributed by atoms with E-state index in [1.165, 1.54) is 42.3 Å². The Morgan fingerprint density at radius 2 is 1.89 bits per heavy atom. The number of alkyl halides is 3. The summed E-state index contributed by atoms with van der Waals surface area (Å²) in [6.07, 6.45) is -3.28. The molecule has 1 saturated heterocycles. The maximum Gasteiger partial charge on any atom is 0.416 e. The van der Waals surface area contributed by atoms with Gasteiger partial charge in [0.2, 0.25) is 0 Å². The lowest BCUT2D eigenvalue weighted by molar-refractivity contribution is -0.151. The van der Waals surface area contributed by atoms with E-state index in [1.54, 1.807) is 6.92 Å². The molecule has 0 unspecified atom stereocenters. The first-order valence-corrected chi connectivity index (χ1v) is 12.7. The number of halogens is 3. The van der Waals surface area contributed by atoms with Crippen molar-refractivity contribution in [1.29, 1.82) is 0 Å². The first-order chi connectivity index (χ1) is 20.9. The molecule has 0 aromatic heterocycles. The fraction of sp³-hybridized carbons (Fsp3) is 0.533. The van der Waals surface area contributed by atoms with Crippen LogP contribution in [0, 0.1) is 5.92 Å². The largest absolute Gasteiger partial charge is 0.471 e. The lowest BCUT2D eigenvalue weighted by atomic mass is 9.82. The molecule has 0 amide bonds. The summed E-state index contributed by atoms with van der Waals surface area (Å²) in [7, 11) is 1.23. The van der Waals surface area contributed by atoms with E-state index in [-0.39, 0.29) is 53.9 Å². The Morgan fingerprint density at radius 1 is 1.13 bits per heavy atom. The third kappa shape index (κ3) is 6.76. The summed E-state index contributed by atoms with van der Waals surface area (Å²) in [5, 5.41) is 0. The number of carbonyl (C=O) groups is 1. The number of aryl methyl sites for hydroxylation is 1. The summed E-state index contributed by atoms with van der Waals surface area (Å²) >= 11 is 0. The number of likely N-dealkylation sites (tertiary alicyclic amines) is 1. The Labute approximate surface area is 232 Å². The predicted molar refractivity (Wildman–Crippen MR) is 142 cm³/mol. The second-order valence-electron chi connectivity index (χ2n) is 9.72. The standard InChI is InChI=1S/C30H37F3N2O3/c1-4-21-14-23(10-11-24(21)16-35-17-25(18-35)29(36)37-3)20(2)34-19-38-26-12-13-27(22-8-6-5-7-9-22)28(15-26)30(31,32)33/h10-15,22,25H,4-9,16-19H2,1-3H3/i1D3,4D2,16D2. The van der Waals surface area contributed by atoms with E-state index in [9.17, 15) is 18.0 Å². The molecule has 8 heteroatoms. The van der Waals surface area contributed by atoms with Crippen molar-refractivity contribution in [3.63, 3.8) is 0 Å². The molecule has 0 bridgehead atoms. The molecule has 0 spiro atoms. The van der Waals surface area contributed by atoms with Crippen molar-refractivity contribution in [2.75, 3.05) is 26.9 Å². The zero-order valence-electron chi connectivity index (χ0n) is 28.5. The first-order valence-electron chi connectivity index (χ1n) is 16.2. The van der Waals surface area contributed by atoms with E-state index in [2.05, 4.69) is 4.99 Å². The molecule has 1 heterocycles. The molecule has 1 aliphatic carbocycles. The zero-order valence-corrected chi connectivity index (χ0v) is 21.5. The number of esters is 1. The summed E-state index contributed by atoms with van der Waals surface area (Å²) in [4.78, 5) is 17.4. The maximum atomic E-state index is 13.9. The smallest absolute Gasteiger partial charge is 0.416 e. The number of ether oxygens (including phenoxy) is 2. The second kappa shape index (κ2) is 12.3. The summed E-state index contributed by atoms with van der Waals surface area (Å²) in [6, 6.07) is 7.91. The quantitative estimate of drug-likeness (QED) is 0.262. The van der Waals surface area contributed by atoms with Crippen molar-refractivity contribution < 1.29 is 37.0 Å². The van der Waals surface area contributed by atoms with Gasteiger partial charge in [-0.1, -0.05) is 44.3 Å². The van der Waals surface area contributed by atoms with Gasteiger partial charge in [-0.2, -0.15) is 13.2 Å². The topological polar surface area (TPSA) is 51.1 Å². The highest BCUT2D eigenvalue weighted by Crippen LogP contribution is 2.42. The minimum Gasteiger partial charge on any atom is -0.471 e. The lowest BCUT2D eigenvalue weighted by Crippen LogP contribution is -2.50. The summed E-state index contributed by atoms with van der Waals surface area (Å²) < 4.78 is 110. The van der Waals surface area contributed by atoms with Gasteiger partial charge in [0.05, 0.1) is 18.6 Å². The molecule has 1 aliphatic heterocycles. The van der Waals surface area contributed by atoms with Gasteiger partial charge in [0, 0.05) is 34.9 Å². The fourth-order valence-corrected chi connectivity index (χ4v) is 4.96. The van der Waals surface area contributed by atoms with Crippen molar-refractivity contribution >= 4 is 11.7 Å². The van der Waals surface area contributed by atoms with Crippen LogP contribution in [0.15, 0.2) is 41.4 Å². The van der Waals surface area contributed by atoms with Gasteiger partial charge < -0.3 is 9.47 Å². The average Bonchev–Trinajstić information content (AvgIpc) is 2.95. The van der Waals surface area contributed by atoms with E-state index in [0.717, 1.165) is 25.3 Å². The Morgan fingerprint density at radius 3 is 2.58 bits per heavy atom. The van der Waals surface area contributed by atoms with Gasteiger partial charge in [0.1, 0.15) is 5.75 Å². The van der Waals surface area contributed by atoms with Gasteiger partial charge in [0.25, 0.3) is 0 Å². The Kier molecular flexibility index (Phi) is 6.52. The highest BCUT2D eigenvalue weighted by Gasteiger charge is 2.36. The van der Waals surface area contributed by atoms with E-state index < -0.39 is 48.9 Å². The van der Waals surface area contributed by atoms with Gasteiger partial charge >= 0.3 is 12.1 Å². The van der Waals surface area contributed by atoms with Crippen LogP contribution in [0.5, 0.6) is 5.75 Å². The minimum absolute atomic E-state index is 0.00709. The molecule has 2 aliphatic rings. The number of nitrogens with zero attached hydrogens (tertiary/aromatic N) is 2. The predicted octanol–water partition coefficient (Wildman–Crippen LogP) is 6.77. The molecule has 0 radical (unpaired) electrons. The van der Waals surface area contributed by atoms with Gasteiger partial charge in [-0.05, 0) is 72.5 Å². The number of hydrogen-bond acceptors (Lipinski definition) is 5. The Bertz CT molecular complexity index is 1420. The van der Waals surface area contributed by atoms with E-state index in [0.29, 0.717) is 12.8 Å². The number of rotatable bonds is 9. The van der Waals surface area contributed by atoms with Crippen LogP contribution in [-0.4, -0.2) is 43.5 Å². The van der Waals surface area contributed by atoms with Crippen LogP contribution in [0.4, 0.5) is 13.2 Å². The third-order valence-electron chi connectivity index (χ3n) is 7.17. The van der Waals surface area contributed by atoms with Gasteiger partial charge in [-0.15, -0.1) is 0 Å². The number of carbonyl (C=O) groups excluding carboxylic acids is 1. The van der Waals surface area contributed by atoms with E-state index in [1.807, 2.05) is 0 Å². The molecule has 5 nitrogen and oxygen atoms in total. The normalized spacial score (nSPS) is 21.6. The molecule has 2 aromatic carbocycles. The molecule has 2 fully saturated rings. The number of benzene rings is 2. The summed E-state index contributed by atoms with van der Waals surface area (Å²) in [5.74, 6) is -1.22. The first kappa shape index (κ1) is 20.1. The average molecular weight is 538 g/mol. The van der Waals surface area contributed by atoms with Gasteiger partial charge in [-0.25, -0.2) is 0 Å². The third-order valence-corrected chi connectivity index (χ3v) is 7.17. The van der Waals surface area contributed by atoms with Crippen LogP contribution in [-0.2, 0) is 28.6 Å². The van der Waals surface area contributed by atoms with Crippen LogP contribution in [0.3, 0.4) is 0 Å². The van der Waals surface area contributed by atoms with Gasteiger partial charge in [0.15, 0.2) is 6.73 Å². The molecule has 4 rings (SSSR count). The highest BCUT2D eigenvalue weighted by atomic mass is 19.4. The van der Waals surface area contributed by atoms with Crippen molar-refractivity contribution in [3.05, 3.63) is 64.2 Å². The fourth-order valence-electron chi connectivity index (χ4n) is 4.96. The van der Waals surface area contributed by atoms with Crippen LogP contribution in [0.1, 0.15) is 89.2 Å². The van der Waals surface area contributed by atoms with E-state index >= 15 is 0 Å². The van der Waals surface area contributed by atoms with Crippen LogP contribution in [0.2, 0.25) is 0 Å². The minimum atomic E-state index is -4.55. The van der Waals surface area contributed by atoms with Crippen molar-refractivity contribution in [2.24, 2.45) is 10.9 Å². The number of methoxy groups -OCH3 is 1. The van der Waals surface area contributed by atoms with Crippen LogP contribution in [0.25, 0.3) is 0 Å². The molecule has 1 saturated carbocycles. The highest BCUT2D eigenvalue weighted by molar-refractivity contribution is 5.98. The summed E-state index contributed by atoms with van der Waals surface area (Å²) in [5.41, 5.74) is -0.527. The molecule has 38 heavy (non-hydrogen) atoms. The van der Waals surface area contributed by atoms with Crippen LogP contribution >= 0.6 is 0 Å². The zero-order chi connectivity index (χ0) is 33.4. The van der Waals surface area contributed by atoms with Crippen molar-refractivity contribution in [3.8, 4) is 5.75 Å². The molecule has 0 N–H and O–H groups in total. The monoisotopic (exact) mass is 537 g/mol. The Hall–Kier alpha value is -2.87. The number of aliphatic imine (C=N–C) groups is 1. The number of hydrogen-bond donors (Lipinski definition) is 0. The van der Waals surface area contributed by atoms with Crippen molar-refractivity contribution in [2.45, 2.75) is 70.8 Å². The van der Waals surface area contributed by atoms with Crippen LogP contribution < -0.4 is 4.74 Å². The summed E-state index contributed by atoms with van der Waals surface area (Å²) in [6.45, 7) is -4.26. The molecular formula is C30H37F3N2O3. The molecule has 206 valence electrons. The molecular weight excluding hydrogens is 493 g/mol. The maximum absolute atomic E-state index is 13.9. The van der Waals surface area contributed by atoms with E-state index in [4.69, 9.17) is 19.1 Å². The Balaban J connectivity index is 1.58. The van der Waals surface area contributed by atoms with Gasteiger partial charge in [-0.3, -0.25) is 14.7 Å². The van der Waals surface area contributed by atoms with Crippen molar-refractivity contribution in [1.82, 2.24) is 4.90 Å².